The van der Waals surface area contributed by atoms with E-state index in [1.54, 1.807) is 37.6 Å². The number of aromatic nitrogens is 1. The number of hydrogen-bond donors (Lipinski definition) is 1. The molecule has 5 heteroatoms. The fourth-order valence-electron chi connectivity index (χ4n) is 2.30. The Balaban J connectivity index is 1.64. The SMILES string of the molecule is COc1ccc(C(=O)CCC(=O)NCCCc2cccnc2)cc1. The summed E-state index contributed by atoms with van der Waals surface area (Å²) < 4.78 is 5.05. The van der Waals surface area contributed by atoms with E-state index in [4.69, 9.17) is 4.74 Å². The number of carbonyl (C=O) groups excluding carboxylic acids is 2. The van der Waals surface area contributed by atoms with E-state index in [1.165, 1.54) is 0 Å². The smallest absolute Gasteiger partial charge is 0.220 e. The molecular formula is C19H22N2O3. The number of ketones is 1. The molecule has 0 saturated heterocycles. The lowest BCUT2D eigenvalue weighted by atomic mass is 10.1. The Bertz CT molecular complexity index is 654. The summed E-state index contributed by atoms with van der Waals surface area (Å²) in [7, 11) is 1.58. The van der Waals surface area contributed by atoms with Crippen molar-refractivity contribution in [1.82, 2.24) is 10.3 Å². The molecule has 0 saturated carbocycles. The average molecular weight is 326 g/mol. The third-order valence-corrected chi connectivity index (χ3v) is 3.68. The van der Waals surface area contributed by atoms with E-state index in [9.17, 15) is 9.59 Å². The monoisotopic (exact) mass is 326 g/mol. The van der Waals surface area contributed by atoms with Gasteiger partial charge in [0.25, 0.3) is 0 Å². The number of aryl methyl sites for hydroxylation is 1. The van der Waals surface area contributed by atoms with Crippen molar-refractivity contribution in [2.75, 3.05) is 13.7 Å². The second-order valence-electron chi connectivity index (χ2n) is 5.47. The highest BCUT2D eigenvalue weighted by atomic mass is 16.5. The van der Waals surface area contributed by atoms with E-state index < -0.39 is 0 Å². The van der Waals surface area contributed by atoms with E-state index in [0.717, 1.165) is 18.4 Å². The molecule has 2 aromatic rings. The molecule has 1 heterocycles. The highest BCUT2D eigenvalue weighted by molar-refractivity contribution is 5.98. The Morgan fingerprint density at radius 3 is 2.58 bits per heavy atom. The van der Waals surface area contributed by atoms with E-state index >= 15 is 0 Å². The van der Waals surface area contributed by atoms with E-state index in [2.05, 4.69) is 10.3 Å². The summed E-state index contributed by atoms with van der Waals surface area (Å²) in [4.78, 5) is 27.9. The lowest BCUT2D eigenvalue weighted by Gasteiger charge is -2.06. The molecule has 0 radical (unpaired) electrons. The molecule has 0 atom stereocenters. The summed E-state index contributed by atoms with van der Waals surface area (Å²) in [6.07, 6.45) is 5.71. The van der Waals surface area contributed by atoms with Crippen molar-refractivity contribution in [2.45, 2.75) is 25.7 Å². The van der Waals surface area contributed by atoms with Crippen LogP contribution in [0.1, 0.15) is 35.2 Å². The normalized spacial score (nSPS) is 10.2. The van der Waals surface area contributed by atoms with Gasteiger partial charge in [-0.1, -0.05) is 6.07 Å². The predicted octanol–water partition coefficient (Wildman–Crippen LogP) is 2.80. The molecule has 24 heavy (non-hydrogen) atoms. The zero-order valence-corrected chi connectivity index (χ0v) is 13.8. The van der Waals surface area contributed by atoms with Crippen LogP contribution in [0, 0.1) is 0 Å². The van der Waals surface area contributed by atoms with Gasteiger partial charge in [0.05, 0.1) is 7.11 Å². The van der Waals surface area contributed by atoms with Crippen LogP contribution in [-0.4, -0.2) is 30.3 Å². The van der Waals surface area contributed by atoms with Crippen molar-refractivity contribution in [2.24, 2.45) is 0 Å². The molecule has 0 fully saturated rings. The Morgan fingerprint density at radius 1 is 1.12 bits per heavy atom. The molecule has 0 aliphatic heterocycles. The lowest BCUT2D eigenvalue weighted by molar-refractivity contribution is -0.121. The molecule has 1 aromatic carbocycles. The maximum Gasteiger partial charge on any atom is 0.220 e. The van der Waals surface area contributed by atoms with Gasteiger partial charge in [-0.2, -0.15) is 0 Å². The van der Waals surface area contributed by atoms with Crippen LogP contribution in [0.2, 0.25) is 0 Å². The van der Waals surface area contributed by atoms with E-state index in [0.29, 0.717) is 17.9 Å². The molecule has 1 amide bonds. The Morgan fingerprint density at radius 2 is 1.92 bits per heavy atom. The third-order valence-electron chi connectivity index (χ3n) is 3.68. The van der Waals surface area contributed by atoms with E-state index in [1.807, 2.05) is 18.3 Å². The first-order valence-corrected chi connectivity index (χ1v) is 8.02. The van der Waals surface area contributed by atoms with Crippen LogP contribution in [-0.2, 0) is 11.2 Å². The van der Waals surface area contributed by atoms with Gasteiger partial charge in [-0.25, -0.2) is 0 Å². The van der Waals surface area contributed by atoms with Crippen molar-refractivity contribution >= 4 is 11.7 Å². The summed E-state index contributed by atoms with van der Waals surface area (Å²) in [6, 6.07) is 10.8. The van der Waals surface area contributed by atoms with Gasteiger partial charge in [-0.15, -0.1) is 0 Å². The highest BCUT2D eigenvalue weighted by Gasteiger charge is 2.09. The van der Waals surface area contributed by atoms with Gasteiger partial charge in [-0.3, -0.25) is 14.6 Å². The summed E-state index contributed by atoms with van der Waals surface area (Å²) >= 11 is 0. The summed E-state index contributed by atoms with van der Waals surface area (Å²) in [5.74, 6) is 0.573. The van der Waals surface area contributed by atoms with Crippen molar-refractivity contribution in [3.05, 3.63) is 59.9 Å². The van der Waals surface area contributed by atoms with Crippen LogP contribution >= 0.6 is 0 Å². The number of ether oxygens (including phenoxy) is 1. The summed E-state index contributed by atoms with van der Waals surface area (Å²) in [6.45, 7) is 0.602. The maximum atomic E-state index is 12.0. The molecule has 126 valence electrons. The van der Waals surface area contributed by atoms with Crippen molar-refractivity contribution in [1.29, 1.82) is 0 Å². The number of amides is 1. The molecule has 0 unspecified atom stereocenters. The topological polar surface area (TPSA) is 68.3 Å². The minimum Gasteiger partial charge on any atom is -0.497 e. The number of pyridine rings is 1. The first-order chi connectivity index (χ1) is 11.7. The number of methoxy groups -OCH3 is 1. The minimum atomic E-state index is -0.0944. The first-order valence-electron chi connectivity index (χ1n) is 8.02. The molecule has 0 aliphatic carbocycles. The molecule has 1 N–H and O–H groups in total. The van der Waals surface area contributed by atoms with Gasteiger partial charge in [0, 0.05) is 37.3 Å². The molecule has 2 rings (SSSR count). The van der Waals surface area contributed by atoms with Crippen LogP contribution in [0.5, 0.6) is 5.75 Å². The van der Waals surface area contributed by atoms with Crippen LogP contribution in [0.4, 0.5) is 0 Å². The Hall–Kier alpha value is -2.69. The number of nitrogens with zero attached hydrogens (tertiary/aromatic N) is 1. The zero-order valence-electron chi connectivity index (χ0n) is 13.8. The maximum absolute atomic E-state index is 12.0. The second kappa shape index (κ2) is 9.45. The van der Waals surface area contributed by atoms with Gasteiger partial charge in [0.15, 0.2) is 5.78 Å². The van der Waals surface area contributed by atoms with Crippen LogP contribution in [0.15, 0.2) is 48.8 Å². The fraction of sp³-hybridized carbons (Fsp3) is 0.316. The number of hydrogen-bond acceptors (Lipinski definition) is 4. The quantitative estimate of drug-likeness (QED) is 0.568. The van der Waals surface area contributed by atoms with Gasteiger partial charge in [0.2, 0.25) is 5.91 Å². The molecule has 0 bridgehead atoms. The van der Waals surface area contributed by atoms with Crippen LogP contribution in [0.3, 0.4) is 0 Å². The van der Waals surface area contributed by atoms with Crippen molar-refractivity contribution in [3.8, 4) is 5.75 Å². The van der Waals surface area contributed by atoms with Crippen LogP contribution < -0.4 is 10.1 Å². The highest BCUT2D eigenvalue weighted by Crippen LogP contribution is 2.13. The van der Waals surface area contributed by atoms with Gasteiger partial charge in [0.1, 0.15) is 5.75 Å². The van der Waals surface area contributed by atoms with Gasteiger partial charge < -0.3 is 10.1 Å². The van der Waals surface area contributed by atoms with Crippen molar-refractivity contribution < 1.29 is 14.3 Å². The number of nitrogens with one attached hydrogen (secondary N) is 1. The average Bonchev–Trinajstić information content (AvgIpc) is 2.64. The number of rotatable bonds is 9. The molecular weight excluding hydrogens is 304 g/mol. The number of Topliss-reactive ketones (excluding diaryl/α,β-unsaturated/α-hetero) is 1. The van der Waals surface area contributed by atoms with Gasteiger partial charge in [-0.05, 0) is 48.7 Å². The summed E-state index contributed by atoms with van der Waals surface area (Å²) in [5.41, 5.74) is 1.75. The number of benzene rings is 1. The van der Waals surface area contributed by atoms with Crippen LogP contribution in [0.25, 0.3) is 0 Å². The molecule has 0 aliphatic rings. The van der Waals surface area contributed by atoms with Gasteiger partial charge >= 0.3 is 0 Å². The lowest BCUT2D eigenvalue weighted by Crippen LogP contribution is -2.25. The standard InChI is InChI=1S/C19H22N2O3/c1-24-17-8-6-16(7-9-17)18(22)10-11-19(23)21-13-3-5-15-4-2-12-20-14-15/h2,4,6-9,12,14H,3,5,10-11,13H2,1H3,(H,21,23). The Labute approximate surface area is 142 Å². The fourth-order valence-corrected chi connectivity index (χ4v) is 2.30. The summed E-state index contributed by atoms with van der Waals surface area (Å²) in [5, 5.41) is 2.85. The molecule has 1 aromatic heterocycles. The largest absolute Gasteiger partial charge is 0.497 e. The zero-order chi connectivity index (χ0) is 17.2. The van der Waals surface area contributed by atoms with E-state index in [-0.39, 0.29) is 24.5 Å². The Kier molecular flexibility index (Phi) is 6.95. The minimum absolute atomic E-state index is 0.0387. The second-order valence-corrected chi connectivity index (χ2v) is 5.47. The third kappa shape index (κ3) is 5.83. The predicted molar refractivity (Wildman–Crippen MR) is 92.1 cm³/mol. The van der Waals surface area contributed by atoms with Crippen molar-refractivity contribution in [3.63, 3.8) is 0 Å². The molecule has 5 nitrogen and oxygen atoms in total. The molecule has 0 spiro atoms. The first kappa shape index (κ1) is 17.7. The number of carbonyl (C=O) groups is 2.